The summed E-state index contributed by atoms with van der Waals surface area (Å²) in [7, 11) is 0. The predicted octanol–water partition coefficient (Wildman–Crippen LogP) is 2.17. The van der Waals surface area contributed by atoms with Crippen molar-refractivity contribution in [3.05, 3.63) is 40.4 Å². The SMILES string of the molecule is OCCCn1cc(CNc2ccc(F)c(Br)c2)nn1. The molecule has 0 aliphatic heterocycles. The Morgan fingerprint density at radius 2 is 2.26 bits per heavy atom. The minimum atomic E-state index is -0.291. The van der Waals surface area contributed by atoms with E-state index in [0.717, 1.165) is 11.4 Å². The largest absolute Gasteiger partial charge is 0.396 e. The summed E-state index contributed by atoms with van der Waals surface area (Å²) >= 11 is 3.13. The molecule has 102 valence electrons. The maximum Gasteiger partial charge on any atom is 0.137 e. The lowest BCUT2D eigenvalue weighted by atomic mass is 10.3. The van der Waals surface area contributed by atoms with E-state index in [1.165, 1.54) is 6.07 Å². The van der Waals surface area contributed by atoms with Crippen molar-refractivity contribution in [3.63, 3.8) is 0 Å². The molecule has 0 saturated carbocycles. The highest BCUT2D eigenvalue weighted by molar-refractivity contribution is 9.10. The van der Waals surface area contributed by atoms with Gasteiger partial charge in [0.25, 0.3) is 0 Å². The second kappa shape index (κ2) is 6.63. The van der Waals surface area contributed by atoms with Crippen LogP contribution in [0.2, 0.25) is 0 Å². The number of hydrogen-bond donors (Lipinski definition) is 2. The first-order valence-electron chi connectivity index (χ1n) is 5.88. The van der Waals surface area contributed by atoms with E-state index in [9.17, 15) is 4.39 Å². The van der Waals surface area contributed by atoms with E-state index >= 15 is 0 Å². The molecule has 2 N–H and O–H groups in total. The first kappa shape index (κ1) is 14.0. The Kier molecular flexibility index (Phi) is 4.86. The van der Waals surface area contributed by atoms with E-state index in [1.807, 2.05) is 6.20 Å². The van der Waals surface area contributed by atoms with Gasteiger partial charge in [-0.2, -0.15) is 0 Å². The molecule has 0 bridgehead atoms. The molecule has 0 saturated heterocycles. The smallest absolute Gasteiger partial charge is 0.137 e. The van der Waals surface area contributed by atoms with Crippen LogP contribution >= 0.6 is 15.9 Å². The van der Waals surface area contributed by atoms with Gasteiger partial charge in [-0.05, 0) is 40.5 Å². The molecule has 1 aromatic carbocycles. The van der Waals surface area contributed by atoms with Gasteiger partial charge >= 0.3 is 0 Å². The number of aliphatic hydroxyl groups excluding tert-OH is 1. The molecule has 19 heavy (non-hydrogen) atoms. The fourth-order valence-electron chi connectivity index (χ4n) is 1.56. The van der Waals surface area contributed by atoms with Gasteiger partial charge in [-0.15, -0.1) is 5.10 Å². The van der Waals surface area contributed by atoms with Crippen molar-refractivity contribution >= 4 is 21.6 Å². The average molecular weight is 329 g/mol. The highest BCUT2D eigenvalue weighted by Crippen LogP contribution is 2.20. The number of hydrogen-bond acceptors (Lipinski definition) is 4. The van der Waals surface area contributed by atoms with Crippen molar-refractivity contribution in [3.8, 4) is 0 Å². The molecule has 0 spiro atoms. The summed E-state index contributed by atoms with van der Waals surface area (Å²) in [5, 5.41) is 19.8. The van der Waals surface area contributed by atoms with Crippen LogP contribution in [0.15, 0.2) is 28.9 Å². The number of aliphatic hydroxyl groups is 1. The third-order valence-corrected chi connectivity index (χ3v) is 3.13. The molecule has 1 heterocycles. The van der Waals surface area contributed by atoms with Crippen LogP contribution < -0.4 is 5.32 Å². The Hall–Kier alpha value is -1.47. The summed E-state index contributed by atoms with van der Waals surface area (Å²) in [6.45, 7) is 1.29. The number of nitrogens with zero attached hydrogens (tertiary/aromatic N) is 3. The number of halogens is 2. The fraction of sp³-hybridized carbons (Fsp3) is 0.333. The summed E-state index contributed by atoms with van der Waals surface area (Å²) < 4.78 is 15.2. The highest BCUT2D eigenvalue weighted by atomic mass is 79.9. The third-order valence-electron chi connectivity index (χ3n) is 2.52. The molecular formula is C12H14BrFN4O. The van der Waals surface area contributed by atoms with Gasteiger partial charge < -0.3 is 10.4 Å². The number of rotatable bonds is 6. The Balaban J connectivity index is 1.91. The molecule has 5 nitrogen and oxygen atoms in total. The van der Waals surface area contributed by atoms with Gasteiger partial charge in [0.15, 0.2) is 0 Å². The van der Waals surface area contributed by atoms with E-state index < -0.39 is 0 Å². The highest BCUT2D eigenvalue weighted by Gasteiger charge is 2.03. The van der Waals surface area contributed by atoms with Gasteiger partial charge in [-0.25, -0.2) is 4.39 Å². The van der Waals surface area contributed by atoms with Crippen LogP contribution in [0.1, 0.15) is 12.1 Å². The number of aryl methyl sites for hydroxylation is 1. The van der Waals surface area contributed by atoms with Crippen molar-refractivity contribution in [2.75, 3.05) is 11.9 Å². The standard InChI is InChI=1S/C12H14BrFN4O/c13-11-6-9(2-3-12(11)14)15-7-10-8-18(17-16-10)4-1-5-19/h2-3,6,8,15,19H,1,4-5,7H2. The lowest BCUT2D eigenvalue weighted by Gasteiger charge is -2.04. The Bertz CT molecular complexity index is 546. The van der Waals surface area contributed by atoms with Gasteiger partial charge in [0.1, 0.15) is 11.5 Å². The van der Waals surface area contributed by atoms with E-state index in [0.29, 0.717) is 24.0 Å². The van der Waals surface area contributed by atoms with Gasteiger partial charge in [-0.3, -0.25) is 4.68 Å². The fourth-order valence-corrected chi connectivity index (χ4v) is 1.94. The van der Waals surface area contributed by atoms with E-state index in [1.54, 1.807) is 16.8 Å². The van der Waals surface area contributed by atoms with Crippen LogP contribution in [0.4, 0.5) is 10.1 Å². The molecule has 0 fully saturated rings. The predicted molar refractivity (Wildman–Crippen MR) is 73.2 cm³/mol. The molecule has 0 unspecified atom stereocenters. The van der Waals surface area contributed by atoms with Crippen molar-refractivity contribution < 1.29 is 9.50 Å². The Morgan fingerprint density at radius 1 is 1.42 bits per heavy atom. The molecule has 2 aromatic rings. The van der Waals surface area contributed by atoms with E-state index in [4.69, 9.17) is 5.11 Å². The maximum absolute atomic E-state index is 13.1. The van der Waals surface area contributed by atoms with E-state index in [2.05, 4.69) is 31.6 Å². The van der Waals surface area contributed by atoms with Crippen molar-refractivity contribution in [2.24, 2.45) is 0 Å². The minimum absolute atomic E-state index is 0.136. The van der Waals surface area contributed by atoms with Crippen LogP contribution in [0.3, 0.4) is 0 Å². The molecule has 0 aliphatic rings. The summed E-state index contributed by atoms with van der Waals surface area (Å²) in [4.78, 5) is 0. The molecule has 0 radical (unpaired) electrons. The van der Waals surface area contributed by atoms with Crippen LogP contribution in [0.5, 0.6) is 0 Å². The average Bonchev–Trinajstić information content (AvgIpc) is 2.86. The van der Waals surface area contributed by atoms with Crippen LogP contribution in [-0.4, -0.2) is 26.7 Å². The normalized spacial score (nSPS) is 10.7. The molecule has 0 atom stereocenters. The molecule has 0 amide bonds. The summed E-state index contributed by atoms with van der Waals surface area (Å²) in [6, 6.07) is 4.73. The number of anilines is 1. The minimum Gasteiger partial charge on any atom is -0.396 e. The monoisotopic (exact) mass is 328 g/mol. The van der Waals surface area contributed by atoms with Crippen LogP contribution in [0, 0.1) is 5.82 Å². The number of benzene rings is 1. The summed E-state index contributed by atoms with van der Waals surface area (Å²) in [5.74, 6) is -0.291. The molecule has 2 rings (SSSR count). The van der Waals surface area contributed by atoms with Gasteiger partial charge in [0.2, 0.25) is 0 Å². The zero-order chi connectivity index (χ0) is 13.7. The van der Waals surface area contributed by atoms with Gasteiger partial charge in [-0.1, -0.05) is 5.21 Å². The molecule has 7 heteroatoms. The first-order valence-corrected chi connectivity index (χ1v) is 6.67. The van der Waals surface area contributed by atoms with Crippen molar-refractivity contribution in [2.45, 2.75) is 19.5 Å². The van der Waals surface area contributed by atoms with Crippen LogP contribution in [-0.2, 0) is 13.1 Å². The molecule has 1 aromatic heterocycles. The Labute approximate surface area is 118 Å². The summed E-state index contributed by atoms with van der Waals surface area (Å²) in [5.41, 5.74) is 1.59. The quantitative estimate of drug-likeness (QED) is 0.853. The van der Waals surface area contributed by atoms with E-state index in [-0.39, 0.29) is 12.4 Å². The maximum atomic E-state index is 13.1. The van der Waals surface area contributed by atoms with Crippen LogP contribution in [0.25, 0.3) is 0 Å². The van der Waals surface area contributed by atoms with Crippen molar-refractivity contribution in [1.29, 1.82) is 0 Å². The third kappa shape index (κ3) is 4.00. The van der Waals surface area contributed by atoms with Gasteiger partial charge in [0, 0.05) is 18.8 Å². The number of aromatic nitrogens is 3. The summed E-state index contributed by atoms with van der Waals surface area (Å²) in [6.07, 6.45) is 2.47. The van der Waals surface area contributed by atoms with Gasteiger partial charge in [0.05, 0.1) is 17.2 Å². The van der Waals surface area contributed by atoms with Crippen molar-refractivity contribution in [1.82, 2.24) is 15.0 Å². The zero-order valence-electron chi connectivity index (χ0n) is 10.2. The Morgan fingerprint density at radius 3 is 3.00 bits per heavy atom. The topological polar surface area (TPSA) is 63.0 Å². The second-order valence-electron chi connectivity index (χ2n) is 4.03. The zero-order valence-corrected chi connectivity index (χ0v) is 11.8. The number of nitrogens with one attached hydrogen (secondary N) is 1. The lowest BCUT2D eigenvalue weighted by molar-refractivity contribution is 0.276. The molecule has 0 aliphatic carbocycles. The second-order valence-corrected chi connectivity index (χ2v) is 4.89. The first-order chi connectivity index (χ1) is 9.19. The lowest BCUT2D eigenvalue weighted by Crippen LogP contribution is -2.01. The molecular weight excluding hydrogens is 315 g/mol.